The quantitative estimate of drug-likeness (QED) is 0.643. The molecule has 0 fully saturated rings. The van der Waals surface area contributed by atoms with Crippen molar-refractivity contribution in [3.05, 3.63) is 21.9 Å². The molecular weight excluding hydrogens is 166 g/mol. The molecule has 0 N–H and O–H groups in total. The van der Waals surface area contributed by atoms with Gasteiger partial charge in [-0.2, -0.15) is 0 Å². The molecule has 12 heavy (non-hydrogen) atoms. The Morgan fingerprint density at radius 2 is 2.33 bits per heavy atom. The van der Waals surface area contributed by atoms with Gasteiger partial charge in [-0.1, -0.05) is 0 Å². The Balaban J connectivity index is 2.15. The van der Waals surface area contributed by atoms with Gasteiger partial charge >= 0.3 is 0 Å². The molecule has 0 bridgehead atoms. The molecule has 1 aromatic heterocycles. The van der Waals surface area contributed by atoms with Gasteiger partial charge in [0.2, 0.25) is 0 Å². The van der Waals surface area contributed by atoms with Crippen molar-refractivity contribution < 1.29 is 0 Å². The summed E-state index contributed by atoms with van der Waals surface area (Å²) < 4.78 is 0. The molecule has 0 aromatic carbocycles. The van der Waals surface area contributed by atoms with Gasteiger partial charge in [0.05, 0.1) is 0 Å². The second-order valence-corrected chi connectivity index (χ2v) is 4.68. The monoisotopic (exact) mass is 181 g/mol. The van der Waals surface area contributed by atoms with Gasteiger partial charge in [0.15, 0.2) is 0 Å². The van der Waals surface area contributed by atoms with Crippen LogP contribution in [0.25, 0.3) is 0 Å². The fraction of sp³-hybridized carbons (Fsp3) is 0.600. The third kappa shape index (κ3) is 1.41. The van der Waals surface area contributed by atoms with Crippen molar-refractivity contribution in [3.8, 4) is 0 Å². The normalized spacial score (nSPS) is 18.2. The first-order valence-electron chi connectivity index (χ1n) is 4.56. The maximum Gasteiger partial charge on any atom is 0.0247 e. The molecule has 0 radical (unpaired) electrons. The van der Waals surface area contributed by atoms with Crippen molar-refractivity contribution in [1.82, 2.24) is 4.90 Å². The van der Waals surface area contributed by atoms with E-state index in [2.05, 4.69) is 30.2 Å². The Morgan fingerprint density at radius 3 is 3.08 bits per heavy atom. The zero-order chi connectivity index (χ0) is 8.55. The largest absolute Gasteiger partial charge is 0.296 e. The molecule has 0 atom stereocenters. The Kier molecular flexibility index (Phi) is 2.20. The highest BCUT2D eigenvalue weighted by Crippen LogP contribution is 2.24. The second kappa shape index (κ2) is 3.19. The molecule has 1 aromatic rings. The van der Waals surface area contributed by atoms with Gasteiger partial charge < -0.3 is 0 Å². The van der Waals surface area contributed by atoms with Crippen molar-refractivity contribution >= 4 is 11.3 Å². The Morgan fingerprint density at radius 1 is 1.50 bits per heavy atom. The lowest BCUT2D eigenvalue weighted by Crippen LogP contribution is -2.35. The standard InChI is InChI=1S/C10H15NS/c1-8(2)11-5-3-10-9(7-11)4-6-12-10/h4,6,8H,3,5,7H2,1-2H3. The topological polar surface area (TPSA) is 3.24 Å². The highest BCUT2D eigenvalue weighted by atomic mass is 32.1. The molecule has 1 aliphatic heterocycles. The number of nitrogens with zero attached hydrogens (tertiary/aromatic N) is 1. The van der Waals surface area contributed by atoms with Crippen LogP contribution in [0.3, 0.4) is 0 Å². The van der Waals surface area contributed by atoms with Gasteiger partial charge in [-0.25, -0.2) is 0 Å². The van der Waals surface area contributed by atoms with Crippen molar-refractivity contribution in [1.29, 1.82) is 0 Å². The van der Waals surface area contributed by atoms with Crippen LogP contribution in [0.2, 0.25) is 0 Å². The first-order chi connectivity index (χ1) is 5.77. The fourth-order valence-electron chi connectivity index (χ4n) is 1.71. The predicted molar refractivity (Wildman–Crippen MR) is 53.6 cm³/mol. The summed E-state index contributed by atoms with van der Waals surface area (Å²) in [7, 11) is 0. The number of rotatable bonds is 1. The van der Waals surface area contributed by atoms with Crippen LogP contribution in [0.1, 0.15) is 24.3 Å². The van der Waals surface area contributed by atoms with E-state index in [1.165, 1.54) is 13.0 Å². The molecule has 2 heterocycles. The minimum absolute atomic E-state index is 0.693. The lowest BCUT2D eigenvalue weighted by atomic mass is 10.1. The smallest absolute Gasteiger partial charge is 0.0247 e. The van der Waals surface area contributed by atoms with Crippen LogP contribution in [0.15, 0.2) is 11.4 Å². The van der Waals surface area contributed by atoms with Crippen LogP contribution in [0.4, 0.5) is 0 Å². The molecule has 0 aliphatic carbocycles. The van der Waals surface area contributed by atoms with Crippen LogP contribution in [0.5, 0.6) is 0 Å². The molecule has 0 unspecified atom stereocenters. The molecule has 1 aliphatic rings. The van der Waals surface area contributed by atoms with Crippen molar-refractivity contribution in [3.63, 3.8) is 0 Å². The Hall–Kier alpha value is -0.340. The lowest BCUT2D eigenvalue weighted by molar-refractivity contribution is 0.205. The average molecular weight is 181 g/mol. The Labute approximate surface area is 78.0 Å². The van der Waals surface area contributed by atoms with Crippen LogP contribution in [-0.2, 0) is 13.0 Å². The molecule has 0 spiro atoms. The minimum Gasteiger partial charge on any atom is -0.296 e. The van der Waals surface area contributed by atoms with E-state index in [0.29, 0.717) is 6.04 Å². The van der Waals surface area contributed by atoms with Gasteiger partial charge in [0, 0.05) is 24.0 Å². The summed E-state index contributed by atoms with van der Waals surface area (Å²) in [6, 6.07) is 2.96. The highest BCUT2D eigenvalue weighted by Gasteiger charge is 2.18. The fourth-order valence-corrected chi connectivity index (χ4v) is 2.60. The van der Waals surface area contributed by atoms with Crippen LogP contribution in [-0.4, -0.2) is 17.5 Å². The molecule has 1 nitrogen and oxygen atoms in total. The van der Waals surface area contributed by atoms with E-state index in [1.807, 2.05) is 11.3 Å². The van der Waals surface area contributed by atoms with E-state index in [0.717, 1.165) is 6.54 Å². The number of hydrogen-bond donors (Lipinski definition) is 0. The van der Waals surface area contributed by atoms with Crippen LogP contribution >= 0.6 is 11.3 Å². The van der Waals surface area contributed by atoms with Gasteiger partial charge in [0.1, 0.15) is 0 Å². The number of fused-ring (bicyclic) bond motifs is 1. The van der Waals surface area contributed by atoms with E-state index in [1.54, 1.807) is 10.4 Å². The summed E-state index contributed by atoms with van der Waals surface area (Å²) in [6.07, 6.45) is 1.26. The zero-order valence-corrected chi connectivity index (χ0v) is 8.53. The van der Waals surface area contributed by atoms with Crippen molar-refractivity contribution in [2.24, 2.45) is 0 Å². The van der Waals surface area contributed by atoms with E-state index in [4.69, 9.17) is 0 Å². The first-order valence-corrected chi connectivity index (χ1v) is 5.44. The first kappa shape index (κ1) is 8.27. The SMILES string of the molecule is CC(C)N1CCc2sccc2C1. The second-order valence-electron chi connectivity index (χ2n) is 3.68. The summed E-state index contributed by atoms with van der Waals surface area (Å²) in [6.45, 7) is 6.95. The summed E-state index contributed by atoms with van der Waals surface area (Å²) in [5.74, 6) is 0. The number of thiophene rings is 1. The van der Waals surface area contributed by atoms with E-state index in [-0.39, 0.29) is 0 Å². The Bertz CT molecular complexity index is 265. The zero-order valence-electron chi connectivity index (χ0n) is 7.71. The summed E-state index contributed by atoms with van der Waals surface area (Å²) >= 11 is 1.91. The van der Waals surface area contributed by atoms with Crippen LogP contribution in [0, 0.1) is 0 Å². The van der Waals surface area contributed by atoms with Gasteiger partial charge in [-0.3, -0.25) is 4.90 Å². The van der Waals surface area contributed by atoms with E-state index in [9.17, 15) is 0 Å². The molecule has 2 rings (SSSR count). The molecular formula is C10H15NS. The third-order valence-electron chi connectivity index (χ3n) is 2.57. The van der Waals surface area contributed by atoms with Gasteiger partial charge in [0.25, 0.3) is 0 Å². The number of hydrogen-bond acceptors (Lipinski definition) is 2. The molecule has 2 heteroatoms. The van der Waals surface area contributed by atoms with Crippen LogP contribution < -0.4 is 0 Å². The lowest BCUT2D eigenvalue weighted by Gasteiger charge is -2.30. The van der Waals surface area contributed by atoms with Crippen molar-refractivity contribution in [2.75, 3.05) is 6.54 Å². The van der Waals surface area contributed by atoms with E-state index >= 15 is 0 Å². The van der Waals surface area contributed by atoms with Gasteiger partial charge in [-0.05, 0) is 37.3 Å². The summed E-state index contributed by atoms with van der Waals surface area (Å²) in [5, 5.41) is 2.22. The molecule has 0 saturated carbocycles. The maximum absolute atomic E-state index is 2.54. The summed E-state index contributed by atoms with van der Waals surface area (Å²) in [5.41, 5.74) is 1.56. The predicted octanol–water partition coefficient (Wildman–Crippen LogP) is 2.51. The summed E-state index contributed by atoms with van der Waals surface area (Å²) in [4.78, 5) is 4.14. The van der Waals surface area contributed by atoms with E-state index < -0.39 is 0 Å². The third-order valence-corrected chi connectivity index (χ3v) is 3.59. The van der Waals surface area contributed by atoms with Gasteiger partial charge in [-0.15, -0.1) is 11.3 Å². The maximum atomic E-state index is 2.54. The minimum atomic E-state index is 0.693. The molecule has 66 valence electrons. The molecule has 0 amide bonds. The van der Waals surface area contributed by atoms with Crippen molar-refractivity contribution in [2.45, 2.75) is 32.9 Å². The highest BCUT2D eigenvalue weighted by molar-refractivity contribution is 7.10. The average Bonchev–Trinajstić information content (AvgIpc) is 2.49. The molecule has 0 saturated heterocycles.